The fourth-order valence-electron chi connectivity index (χ4n) is 5.23. The third-order valence-corrected chi connectivity index (χ3v) is 6.52. The third-order valence-electron chi connectivity index (χ3n) is 6.52. The lowest BCUT2D eigenvalue weighted by atomic mass is 9.89. The van der Waals surface area contributed by atoms with E-state index in [9.17, 15) is 5.11 Å². The molecule has 1 saturated heterocycles. The molecule has 3 aliphatic rings. The van der Waals surface area contributed by atoms with Crippen LogP contribution in [0.1, 0.15) is 41.9 Å². The number of likely N-dealkylation sites (tertiary alicyclic amines) is 1. The number of hydrogen-bond acceptors (Lipinski definition) is 4. The molecule has 0 aliphatic carbocycles. The summed E-state index contributed by atoms with van der Waals surface area (Å²) in [7, 11) is 0. The van der Waals surface area contributed by atoms with Crippen molar-refractivity contribution < 1.29 is 5.11 Å². The minimum Gasteiger partial charge on any atom is -0.508 e. The predicted octanol–water partition coefficient (Wildman–Crippen LogP) is 4.08. The van der Waals surface area contributed by atoms with Crippen molar-refractivity contribution >= 4 is 11.4 Å². The molecule has 0 spiro atoms. The Bertz CT molecular complexity index is 842. The number of benzene rings is 2. The molecule has 4 nitrogen and oxygen atoms in total. The zero-order valence-corrected chi connectivity index (χ0v) is 16.1. The van der Waals surface area contributed by atoms with Gasteiger partial charge in [0.05, 0.1) is 11.4 Å². The van der Waals surface area contributed by atoms with Crippen LogP contribution in [0.5, 0.6) is 5.75 Å². The lowest BCUT2D eigenvalue weighted by Crippen LogP contribution is -2.48. The van der Waals surface area contributed by atoms with Gasteiger partial charge in [-0.1, -0.05) is 18.2 Å². The number of aryl methyl sites for hydroxylation is 2. The quantitative estimate of drug-likeness (QED) is 0.862. The molecule has 3 heterocycles. The van der Waals surface area contributed by atoms with Crippen LogP contribution < -0.4 is 10.2 Å². The SMILES string of the molecule is Cc1cc2c3c(c1)NC(CN1CCC(c4cccc(O)c4)CC1)N3CCC2. The molecule has 142 valence electrons. The summed E-state index contributed by atoms with van der Waals surface area (Å²) in [6, 6.07) is 12.5. The van der Waals surface area contributed by atoms with E-state index in [2.05, 4.69) is 40.2 Å². The summed E-state index contributed by atoms with van der Waals surface area (Å²) in [6.07, 6.45) is 5.22. The molecule has 0 amide bonds. The van der Waals surface area contributed by atoms with E-state index >= 15 is 0 Å². The van der Waals surface area contributed by atoms with E-state index in [0.29, 0.717) is 17.8 Å². The van der Waals surface area contributed by atoms with E-state index in [1.807, 2.05) is 12.1 Å². The molecule has 3 aliphatic heterocycles. The molecule has 0 aromatic heterocycles. The Hall–Kier alpha value is -2.20. The van der Waals surface area contributed by atoms with Crippen molar-refractivity contribution in [2.75, 3.05) is 36.4 Å². The summed E-state index contributed by atoms with van der Waals surface area (Å²) < 4.78 is 0. The monoisotopic (exact) mass is 363 g/mol. The first-order chi connectivity index (χ1) is 13.2. The van der Waals surface area contributed by atoms with E-state index in [1.54, 1.807) is 6.07 Å². The van der Waals surface area contributed by atoms with Crippen LogP contribution in [0.25, 0.3) is 0 Å². The van der Waals surface area contributed by atoms with Gasteiger partial charge in [0.15, 0.2) is 0 Å². The average Bonchev–Trinajstić information content (AvgIpc) is 3.01. The van der Waals surface area contributed by atoms with E-state index in [4.69, 9.17) is 0 Å². The van der Waals surface area contributed by atoms with E-state index in [0.717, 1.165) is 19.6 Å². The number of hydrogen-bond donors (Lipinski definition) is 2. The van der Waals surface area contributed by atoms with Crippen LogP contribution in [-0.2, 0) is 6.42 Å². The van der Waals surface area contributed by atoms with Gasteiger partial charge in [-0.25, -0.2) is 0 Å². The van der Waals surface area contributed by atoms with Gasteiger partial charge >= 0.3 is 0 Å². The number of piperidine rings is 1. The average molecular weight is 364 g/mol. The lowest BCUT2D eigenvalue weighted by molar-refractivity contribution is 0.204. The summed E-state index contributed by atoms with van der Waals surface area (Å²) in [4.78, 5) is 5.22. The molecule has 2 aromatic rings. The summed E-state index contributed by atoms with van der Waals surface area (Å²) in [5, 5.41) is 13.6. The number of nitrogens with zero attached hydrogens (tertiary/aromatic N) is 2. The fraction of sp³-hybridized carbons (Fsp3) is 0.478. The Kier molecular flexibility index (Phi) is 4.24. The molecule has 5 rings (SSSR count). The van der Waals surface area contributed by atoms with E-state index in [-0.39, 0.29) is 0 Å². The van der Waals surface area contributed by atoms with Crippen molar-refractivity contribution in [1.29, 1.82) is 0 Å². The highest BCUT2D eigenvalue weighted by Crippen LogP contribution is 2.42. The van der Waals surface area contributed by atoms with Crippen LogP contribution in [0.4, 0.5) is 11.4 Å². The van der Waals surface area contributed by atoms with Crippen molar-refractivity contribution in [3.63, 3.8) is 0 Å². The van der Waals surface area contributed by atoms with E-state index < -0.39 is 0 Å². The van der Waals surface area contributed by atoms with Crippen molar-refractivity contribution in [3.05, 3.63) is 53.1 Å². The van der Waals surface area contributed by atoms with Gasteiger partial charge in [-0.3, -0.25) is 4.90 Å². The minimum atomic E-state index is 0.388. The molecule has 0 saturated carbocycles. The number of anilines is 2. The Morgan fingerprint density at radius 3 is 2.78 bits per heavy atom. The van der Waals surface area contributed by atoms with Crippen LogP contribution in [0.2, 0.25) is 0 Å². The topological polar surface area (TPSA) is 38.7 Å². The third kappa shape index (κ3) is 3.16. The van der Waals surface area contributed by atoms with Crippen LogP contribution >= 0.6 is 0 Å². The second-order valence-corrected chi connectivity index (χ2v) is 8.45. The van der Waals surface area contributed by atoms with Crippen molar-refractivity contribution in [2.45, 2.75) is 44.7 Å². The van der Waals surface area contributed by atoms with E-state index in [1.165, 1.54) is 60.3 Å². The molecule has 0 radical (unpaired) electrons. The van der Waals surface area contributed by atoms with Crippen LogP contribution in [0, 0.1) is 6.92 Å². The van der Waals surface area contributed by atoms with Crippen LogP contribution in [-0.4, -0.2) is 42.4 Å². The molecular weight excluding hydrogens is 334 g/mol. The smallest absolute Gasteiger partial charge is 0.115 e. The van der Waals surface area contributed by atoms with Crippen molar-refractivity contribution in [2.24, 2.45) is 0 Å². The maximum Gasteiger partial charge on any atom is 0.115 e. The zero-order valence-electron chi connectivity index (χ0n) is 16.1. The largest absolute Gasteiger partial charge is 0.508 e. The zero-order chi connectivity index (χ0) is 18.4. The Labute approximate surface area is 161 Å². The summed E-state index contributed by atoms with van der Waals surface area (Å²) >= 11 is 0. The number of nitrogens with one attached hydrogen (secondary N) is 1. The maximum absolute atomic E-state index is 9.75. The standard InChI is InChI=1S/C23H29N3O/c1-16-12-19-5-3-9-26-22(24-21(13-16)23(19)26)15-25-10-7-17(8-11-25)18-4-2-6-20(27)14-18/h2,4,6,12-14,17,22,24,27H,3,5,7-11,15H2,1H3. The highest BCUT2D eigenvalue weighted by atomic mass is 16.3. The van der Waals surface area contributed by atoms with Crippen LogP contribution in [0.3, 0.4) is 0 Å². The minimum absolute atomic E-state index is 0.388. The van der Waals surface area contributed by atoms with Crippen molar-refractivity contribution in [1.82, 2.24) is 4.90 Å². The Morgan fingerprint density at radius 2 is 1.96 bits per heavy atom. The molecule has 2 N–H and O–H groups in total. The van der Waals surface area contributed by atoms with Crippen molar-refractivity contribution in [3.8, 4) is 5.75 Å². The molecule has 1 unspecified atom stereocenters. The molecule has 27 heavy (non-hydrogen) atoms. The summed E-state index contributed by atoms with van der Waals surface area (Å²) in [5.41, 5.74) is 6.98. The van der Waals surface area contributed by atoms with Gasteiger partial charge in [-0.15, -0.1) is 0 Å². The van der Waals surface area contributed by atoms with Crippen LogP contribution in [0.15, 0.2) is 36.4 Å². The second-order valence-electron chi connectivity index (χ2n) is 8.45. The van der Waals surface area contributed by atoms with Gasteiger partial charge in [0.2, 0.25) is 0 Å². The molecule has 1 atom stereocenters. The highest BCUT2D eigenvalue weighted by molar-refractivity contribution is 5.81. The number of rotatable bonds is 3. The highest BCUT2D eigenvalue weighted by Gasteiger charge is 2.34. The normalized spacial score (nSPS) is 22.6. The van der Waals surface area contributed by atoms with Gasteiger partial charge in [-0.2, -0.15) is 0 Å². The molecule has 4 heteroatoms. The fourth-order valence-corrected chi connectivity index (χ4v) is 5.23. The molecule has 2 aromatic carbocycles. The van der Waals surface area contributed by atoms with Gasteiger partial charge < -0.3 is 15.3 Å². The number of phenolic OH excluding ortho intramolecular Hbond substituents is 1. The summed E-state index contributed by atoms with van der Waals surface area (Å²) in [5.74, 6) is 0.963. The lowest BCUT2D eigenvalue weighted by Gasteiger charge is -2.37. The van der Waals surface area contributed by atoms with Gasteiger partial charge in [0.25, 0.3) is 0 Å². The molecule has 1 fully saturated rings. The molecular formula is C23H29N3O. The Morgan fingerprint density at radius 1 is 1.11 bits per heavy atom. The number of aromatic hydroxyl groups is 1. The Balaban J connectivity index is 1.24. The van der Waals surface area contributed by atoms with Gasteiger partial charge in [0.1, 0.15) is 11.9 Å². The van der Waals surface area contributed by atoms with Gasteiger partial charge in [0, 0.05) is 13.1 Å². The first-order valence-electron chi connectivity index (χ1n) is 10.4. The predicted molar refractivity (Wildman–Crippen MR) is 111 cm³/mol. The van der Waals surface area contributed by atoms with Gasteiger partial charge in [-0.05, 0) is 86.5 Å². The second kappa shape index (κ2) is 6.75. The molecule has 0 bridgehead atoms. The number of phenols is 1. The maximum atomic E-state index is 9.75. The first-order valence-corrected chi connectivity index (χ1v) is 10.4. The summed E-state index contributed by atoms with van der Waals surface area (Å²) in [6.45, 7) is 6.72. The first kappa shape index (κ1) is 16.9.